The van der Waals surface area contributed by atoms with Crippen LogP contribution in [0.5, 0.6) is 11.5 Å². The van der Waals surface area contributed by atoms with E-state index in [9.17, 15) is 8.78 Å². The molecule has 7 heteroatoms. The highest BCUT2D eigenvalue weighted by molar-refractivity contribution is 5.48. The largest absolute Gasteiger partial charge is 0.453 e. The number of hydrogen-bond acceptors (Lipinski definition) is 5. The molecule has 0 unspecified atom stereocenters. The smallest absolute Gasteiger partial charge is 0.168 e. The molecule has 0 saturated carbocycles. The first-order valence-corrected chi connectivity index (χ1v) is 8.24. The lowest BCUT2D eigenvalue weighted by molar-refractivity contribution is 0.434. The molecule has 26 heavy (non-hydrogen) atoms. The van der Waals surface area contributed by atoms with E-state index in [-0.39, 0.29) is 5.75 Å². The topological polar surface area (TPSA) is 51.1 Å². The molecule has 0 N–H and O–H groups in total. The summed E-state index contributed by atoms with van der Waals surface area (Å²) in [6.07, 6.45) is 4.00. The Morgan fingerprint density at radius 1 is 1.15 bits per heavy atom. The Balaban J connectivity index is 1.59. The molecule has 0 amide bonds. The van der Waals surface area contributed by atoms with E-state index in [0.717, 1.165) is 47.7 Å². The molecule has 1 aliphatic heterocycles. The molecule has 2 aromatic heterocycles. The summed E-state index contributed by atoms with van der Waals surface area (Å²) in [4.78, 5) is 6.56. The summed E-state index contributed by atoms with van der Waals surface area (Å²) >= 11 is 0. The first kappa shape index (κ1) is 16.4. The Morgan fingerprint density at radius 2 is 2.04 bits per heavy atom. The average molecular weight is 354 g/mol. The molecule has 1 aliphatic rings. The Bertz CT molecular complexity index is 964. The van der Waals surface area contributed by atoms with E-state index < -0.39 is 11.6 Å². The number of rotatable bonds is 3. The van der Waals surface area contributed by atoms with Gasteiger partial charge in [0, 0.05) is 31.3 Å². The van der Waals surface area contributed by atoms with Gasteiger partial charge in [-0.05, 0) is 42.3 Å². The van der Waals surface area contributed by atoms with Gasteiger partial charge in [0.2, 0.25) is 0 Å². The number of aryl methyl sites for hydroxylation is 1. The Morgan fingerprint density at radius 3 is 2.85 bits per heavy atom. The lowest BCUT2D eigenvalue weighted by Crippen LogP contribution is -2.32. The molecule has 3 heterocycles. The van der Waals surface area contributed by atoms with E-state index in [0.29, 0.717) is 12.3 Å². The molecule has 0 fully saturated rings. The molecule has 5 nitrogen and oxygen atoms in total. The van der Waals surface area contributed by atoms with Gasteiger partial charge in [-0.25, -0.2) is 8.78 Å². The maximum absolute atomic E-state index is 13.8. The molecule has 0 radical (unpaired) electrons. The molecule has 132 valence electrons. The summed E-state index contributed by atoms with van der Waals surface area (Å²) in [5.41, 5.74) is 3.02. The van der Waals surface area contributed by atoms with Gasteiger partial charge in [0.25, 0.3) is 0 Å². The van der Waals surface area contributed by atoms with Gasteiger partial charge in [-0.3, -0.25) is 4.98 Å². The zero-order valence-corrected chi connectivity index (χ0v) is 14.1. The highest BCUT2D eigenvalue weighted by Gasteiger charge is 2.21. The van der Waals surface area contributed by atoms with Gasteiger partial charge < -0.3 is 9.64 Å². The molecule has 0 saturated heterocycles. The van der Waals surface area contributed by atoms with Gasteiger partial charge >= 0.3 is 0 Å². The van der Waals surface area contributed by atoms with Gasteiger partial charge in [0.05, 0.1) is 12.4 Å². The van der Waals surface area contributed by atoms with Crippen molar-refractivity contribution in [2.24, 2.45) is 0 Å². The van der Waals surface area contributed by atoms with Crippen LogP contribution < -0.4 is 9.64 Å². The summed E-state index contributed by atoms with van der Waals surface area (Å²) in [5.74, 6) is -0.181. The van der Waals surface area contributed by atoms with Crippen molar-refractivity contribution in [1.29, 1.82) is 0 Å². The molecule has 0 spiro atoms. The monoisotopic (exact) mass is 354 g/mol. The van der Waals surface area contributed by atoms with Crippen LogP contribution in [-0.4, -0.2) is 21.7 Å². The number of aromatic nitrogens is 3. The van der Waals surface area contributed by atoms with Gasteiger partial charge in [-0.1, -0.05) is 0 Å². The SMILES string of the molecule is Cc1ccnnc1N1CCc2ncc(Oc3ccc(F)cc3F)cc2C1. The van der Waals surface area contributed by atoms with Crippen molar-refractivity contribution >= 4 is 5.82 Å². The number of halogens is 2. The predicted octanol–water partition coefficient (Wildman–Crippen LogP) is 3.81. The third kappa shape index (κ3) is 3.20. The summed E-state index contributed by atoms with van der Waals surface area (Å²) in [6, 6.07) is 6.97. The van der Waals surface area contributed by atoms with Crippen LogP contribution in [-0.2, 0) is 13.0 Å². The second kappa shape index (κ2) is 6.67. The summed E-state index contributed by atoms with van der Waals surface area (Å²) in [7, 11) is 0. The molecule has 0 aliphatic carbocycles. The Labute approximate surface area is 149 Å². The van der Waals surface area contributed by atoms with Crippen molar-refractivity contribution in [2.45, 2.75) is 19.9 Å². The minimum absolute atomic E-state index is 0.0365. The summed E-state index contributed by atoms with van der Waals surface area (Å²) < 4.78 is 32.4. The highest BCUT2D eigenvalue weighted by atomic mass is 19.1. The fourth-order valence-electron chi connectivity index (χ4n) is 3.03. The van der Waals surface area contributed by atoms with Crippen molar-refractivity contribution in [1.82, 2.24) is 15.2 Å². The van der Waals surface area contributed by atoms with E-state index in [1.807, 2.05) is 19.1 Å². The highest BCUT2D eigenvalue weighted by Crippen LogP contribution is 2.29. The lowest BCUT2D eigenvalue weighted by atomic mass is 10.1. The van der Waals surface area contributed by atoms with Crippen molar-refractivity contribution in [3.8, 4) is 11.5 Å². The minimum atomic E-state index is -0.750. The number of pyridine rings is 1. The first-order chi connectivity index (χ1) is 12.6. The van der Waals surface area contributed by atoms with Gasteiger partial charge in [-0.2, -0.15) is 5.10 Å². The van der Waals surface area contributed by atoms with Crippen LogP contribution in [0.2, 0.25) is 0 Å². The summed E-state index contributed by atoms with van der Waals surface area (Å²) in [5, 5.41) is 8.19. The number of ether oxygens (including phenoxy) is 1. The van der Waals surface area contributed by atoms with Crippen LogP contribution in [0.25, 0.3) is 0 Å². The fourth-order valence-corrected chi connectivity index (χ4v) is 3.03. The normalized spacial score (nSPS) is 13.4. The second-order valence-electron chi connectivity index (χ2n) is 6.16. The molecule has 4 rings (SSSR count). The van der Waals surface area contributed by atoms with Crippen LogP contribution in [0, 0.1) is 18.6 Å². The standard InChI is InChI=1S/C19H16F2N4O/c1-12-4-6-23-24-19(12)25-7-5-17-13(11-25)8-15(10-22-17)26-18-3-2-14(20)9-16(18)21/h2-4,6,8-10H,5,7,11H2,1H3. The van der Waals surface area contributed by atoms with E-state index in [1.54, 1.807) is 12.4 Å². The number of hydrogen-bond donors (Lipinski definition) is 0. The average Bonchev–Trinajstić information content (AvgIpc) is 2.64. The minimum Gasteiger partial charge on any atom is -0.453 e. The number of anilines is 1. The fraction of sp³-hybridized carbons (Fsp3) is 0.211. The number of benzene rings is 1. The van der Waals surface area contributed by atoms with E-state index in [1.165, 1.54) is 6.07 Å². The van der Waals surface area contributed by atoms with Crippen molar-refractivity contribution in [3.05, 3.63) is 71.2 Å². The van der Waals surface area contributed by atoms with Gasteiger partial charge in [0.1, 0.15) is 11.6 Å². The van der Waals surface area contributed by atoms with Crippen LogP contribution >= 0.6 is 0 Å². The Hall–Kier alpha value is -3.09. The molecule has 0 bridgehead atoms. The molecule has 3 aromatic rings. The maximum Gasteiger partial charge on any atom is 0.168 e. The summed E-state index contributed by atoms with van der Waals surface area (Å²) in [6.45, 7) is 3.41. The van der Waals surface area contributed by atoms with E-state index in [2.05, 4.69) is 20.1 Å². The van der Waals surface area contributed by atoms with Crippen molar-refractivity contribution in [2.75, 3.05) is 11.4 Å². The van der Waals surface area contributed by atoms with Crippen LogP contribution in [0.3, 0.4) is 0 Å². The molecule has 0 atom stereocenters. The van der Waals surface area contributed by atoms with Crippen molar-refractivity contribution < 1.29 is 13.5 Å². The Kier molecular flexibility index (Phi) is 4.20. The van der Waals surface area contributed by atoms with Crippen molar-refractivity contribution in [3.63, 3.8) is 0 Å². The molecular formula is C19H16F2N4O. The zero-order valence-electron chi connectivity index (χ0n) is 14.1. The molecule has 1 aromatic carbocycles. The van der Waals surface area contributed by atoms with Gasteiger partial charge in [0.15, 0.2) is 17.4 Å². The predicted molar refractivity (Wildman–Crippen MR) is 92.2 cm³/mol. The number of fused-ring (bicyclic) bond motifs is 1. The second-order valence-corrected chi connectivity index (χ2v) is 6.16. The van der Waals surface area contributed by atoms with Gasteiger partial charge in [-0.15, -0.1) is 5.10 Å². The first-order valence-electron chi connectivity index (χ1n) is 8.24. The van der Waals surface area contributed by atoms with E-state index >= 15 is 0 Å². The van der Waals surface area contributed by atoms with Crippen LogP contribution in [0.4, 0.5) is 14.6 Å². The van der Waals surface area contributed by atoms with E-state index in [4.69, 9.17) is 4.74 Å². The number of nitrogens with zero attached hydrogens (tertiary/aromatic N) is 4. The lowest BCUT2D eigenvalue weighted by Gasteiger charge is -2.29. The van der Waals surface area contributed by atoms with Crippen LogP contribution in [0.15, 0.2) is 42.7 Å². The third-order valence-corrected chi connectivity index (χ3v) is 4.33. The third-order valence-electron chi connectivity index (χ3n) is 4.33. The van der Waals surface area contributed by atoms with Crippen LogP contribution in [0.1, 0.15) is 16.8 Å². The molecular weight excluding hydrogens is 338 g/mol. The quantitative estimate of drug-likeness (QED) is 0.716. The maximum atomic E-state index is 13.8. The zero-order chi connectivity index (χ0) is 18.1.